The molecular formula is C40H48O17. The number of fused-ring (bicyclic) bond motifs is 3. The highest BCUT2D eigenvalue weighted by Crippen LogP contribution is 2.54. The lowest BCUT2D eigenvalue weighted by atomic mass is 9.67. The van der Waals surface area contributed by atoms with Crippen molar-refractivity contribution in [3.8, 4) is 17.2 Å². The van der Waals surface area contributed by atoms with Crippen LogP contribution in [0.4, 0.5) is 0 Å². The van der Waals surface area contributed by atoms with Crippen molar-refractivity contribution in [2.24, 2.45) is 0 Å². The van der Waals surface area contributed by atoms with Gasteiger partial charge in [-0.15, -0.1) is 0 Å². The van der Waals surface area contributed by atoms with Gasteiger partial charge in [0.1, 0.15) is 41.5 Å². The maximum absolute atomic E-state index is 13.9. The van der Waals surface area contributed by atoms with Crippen LogP contribution in [-0.2, 0) is 42.7 Å². The third kappa shape index (κ3) is 7.23. The van der Waals surface area contributed by atoms with Crippen LogP contribution in [-0.4, -0.2) is 128 Å². The van der Waals surface area contributed by atoms with E-state index < -0.39 is 131 Å². The van der Waals surface area contributed by atoms with Crippen LogP contribution in [0, 0.1) is 0 Å². The normalized spacial score (nSPS) is 36.6. The minimum absolute atomic E-state index is 0.00537. The number of ether oxygens (including phenoxy) is 7. The number of hydrogen-bond donors (Lipinski definition) is 6. The summed E-state index contributed by atoms with van der Waals surface area (Å²) >= 11 is 0. The van der Waals surface area contributed by atoms with E-state index in [-0.39, 0.29) is 48.2 Å². The Labute approximate surface area is 327 Å². The fraction of sp³-hybridized carbons (Fsp3) is 0.600. The van der Waals surface area contributed by atoms with E-state index in [4.69, 9.17) is 33.2 Å². The highest BCUT2D eigenvalue weighted by molar-refractivity contribution is 6.31. The fourth-order valence-electron chi connectivity index (χ4n) is 8.83. The summed E-state index contributed by atoms with van der Waals surface area (Å²) in [5, 5.41) is 67.3. The Bertz CT molecular complexity index is 1920. The molecule has 0 saturated carbocycles. The fourth-order valence-corrected chi connectivity index (χ4v) is 8.83. The predicted octanol–water partition coefficient (Wildman–Crippen LogP) is 2.29. The van der Waals surface area contributed by atoms with E-state index >= 15 is 0 Å². The van der Waals surface area contributed by atoms with E-state index in [1.807, 2.05) is 0 Å². The van der Waals surface area contributed by atoms with E-state index in [2.05, 4.69) is 0 Å². The molecule has 3 saturated heterocycles. The number of aliphatic hydroxyl groups excluding tert-OH is 2. The van der Waals surface area contributed by atoms with Gasteiger partial charge in [-0.3, -0.25) is 19.2 Å². The lowest BCUT2D eigenvalue weighted by Crippen LogP contribution is -2.55. The van der Waals surface area contributed by atoms with Crippen molar-refractivity contribution < 1.29 is 83.0 Å². The Kier molecular flexibility index (Phi) is 11.3. The third-order valence-electron chi connectivity index (χ3n) is 11.9. The maximum Gasteiger partial charge on any atom is 0.316 e. The number of aliphatic hydroxyl groups is 3. The zero-order valence-electron chi connectivity index (χ0n) is 32.1. The van der Waals surface area contributed by atoms with Crippen LogP contribution in [0.3, 0.4) is 0 Å². The molecule has 13 atom stereocenters. The first-order chi connectivity index (χ1) is 27.0. The lowest BCUT2D eigenvalue weighted by molar-refractivity contribution is -0.330. The van der Waals surface area contributed by atoms with Crippen molar-refractivity contribution in [1.82, 2.24) is 0 Å². The summed E-state index contributed by atoms with van der Waals surface area (Å²) in [5.74, 6) is -6.15. The number of phenolic OH excluding ortho intramolecular Hbond substituents is 3. The largest absolute Gasteiger partial charge is 0.507 e. The molecule has 17 nitrogen and oxygen atoms in total. The van der Waals surface area contributed by atoms with E-state index in [9.17, 15) is 49.8 Å². The number of carbonyl (C=O) groups excluding carboxylic acids is 4. The molecule has 3 heterocycles. The SMILES string of the molecule is CC[C@@]1(O)C[C@H](O[C@H]2C[C@H](O)[C@H](O[C@H]3C[C@H](O)[C@H](O[C@H]4CCC(=O)[C@H](C)O4)[C@H](C)O3)[C@H](C)O2)c2c(cc3c(c2O)C(=O)c2c(O)ccc(O)c2C3=O)[C@H]1C(=O)OC. The van der Waals surface area contributed by atoms with Gasteiger partial charge in [0.2, 0.25) is 5.78 Å². The van der Waals surface area contributed by atoms with Gasteiger partial charge in [-0.05, 0) is 51.0 Å². The van der Waals surface area contributed by atoms with Crippen molar-refractivity contribution in [3.05, 3.63) is 51.6 Å². The Hall–Kier alpha value is -4.04. The summed E-state index contributed by atoms with van der Waals surface area (Å²) in [6, 6.07) is 3.28. The highest BCUT2D eigenvalue weighted by Gasteiger charge is 2.53. The molecule has 6 N–H and O–H groups in total. The van der Waals surface area contributed by atoms with Gasteiger partial charge in [0.25, 0.3) is 0 Å². The molecule has 2 aromatic rings. The monoisotopic (exact) mass is 800 g/mol. The van der Waals surface area contributed by atoms with Crippen LogP contribution in [0.5, 0.6) is 17.2 Å². The Balaban J connectivity index is 1.11. The van der Waals surface area contributed by atoms with Crippen molar-refractivity contribution in [2.75, 3.05) is 7.11 Å². The van der Waals surface area contributed by atoms with Crippen molar-refractivity contribution in [3.63, 3.8) is 0 Å². The standard InChI is InChI=1S/C40H48O17/c1-6-40(50)14-25(29-18(33(40)39(49)51-5)11-19-30(35(29)47)36(48)32-22(43)8-7-21(42)31(32)34(19)46)55-27-12-23(44)38(17(4)53-27)57-28-13-24(45)37(16(3)54-28)56-26-10-9-20(41)15(2)52-26/h7-8,11,15-17,23-28,33,37-38,42-45,47,50H,6,9-10,12-14H2,1-5H3/t15-,16-,17-,23-,24-,25-,26-,27-,28-,33-,37+,38+,40+/m0/s1. The Morgan fingerprint density at radius 1 is 0.825 bits per heavy atom. The smallest absolute Gasteiger partial charge is 0.316 e. The number of hydrogen-bond acceptors (Lipinski definition) is 17. The number of phenols is 3. The van der Waals surface area contributed by atoms with Gasteiger partial charge < -0.3 is 63.8 Å². The molecule has 57 heavy (non-hydrogen) atoms. The Morgan fingerprint density at radius 3 is 1.93 bits per heavy atom. The van der Waals surface area contributed by atoms with Gasteiger partial charge in [-0.1, -0.05) is 6.92 Å². The number of esters is 1. The first-order valence-electron chi connectivity index (χ1n) is 19.1. The molecule has 0 amide bonds. The van der Waals surface area contributed by atoms with E-state index in [1.54, 1.807) is 27.7 Å². The number of Topliss-reactive ketones (excluding diaryl/α,β-unsaturated/α-hetero) is 1. The molecule has 17 heteroatoms. The van der Waals surface area contributed by atoms with Crippen LogP contribution in [0.2, 0.25) is 0 Å². The average molecular weight is 801 g/mol. The summed E-state index contributed by atoms with van der Waals surface area (Å²) in [5.41, 5.74) is -3.88. The van der Waals surface area contributed by atoms with Crippen molar-refractivity contribution in [2.45, 2.75) is 145 Å². The predicted molar refractivity (Wildman–Crippen MR) is 191 cm³/mol. The summed E-state index contributed by atoms with van der Waals surface area (Å²) in [6.45, 7) is 6.60. The third-order valence-corrected chi connectivity index (χ3v) is 11.9. The molecular weight excluding hydrogens is 752 g/mol. The molecule has 0 spiro atoms. The number of rotatable bonds is 8. The van der Waals surface area contributed by atoms with Crippen molar-refractivity contribution in [1.29, 1.82) is 0 Å². The molecule has 2 aromatic carbocycles. The molecule has 3 fully saturated rings. The first kappa shape index (κ1) is 41.1. The zero-order valence-corrected chi connectivity index (χ0v) is 32.1. The van der Waals surface area contributed by atoms with Crippen LogP contribution >= 0.6 is 0 Å². The summed E-state index contributed by atoms with van der Waals surface area (Å²) < 4.78 is 41.3. The zero-order chi connectivity index (χ0) is 41.2. The van der Waals surface area contributed by atoms with Crippen LogP contribution in [0.1, 0.15) is 121 Å². The van der Waals surface area contributed by atoms with Crippen molar-refractivity contribution >= 4 is 23.3 Å². The summed E-state index contributed by atoms with van der Waals surface area (Å²) in [6.07, 6.45) is -10.0. The molecule has 310 valence electrons. The number of aromatic hydroxyl groups is 3. The number of benzene rings is 2. The average Bonchev–Trinajstić information content (AvgIpc) is 3.15. The van der Waals surface area contributed by atoms with Gasteiger partial charge in [0.15, 0.2) is 30.4 Å². The maximum atomic E-state index is 13.9. The molecule has 0 radical (unpaired) electrons. The van der Waals surface area contributed by atoms with Gasteiger partial charge in [0, 0.05) is 43.2 Å². The second-order valence-electron chi connectivity index (χ2n) is 15.5. The summed E-state index contributed by atoms with van der Waals surface area (Å²) in [7, 11) is 1.12. The Morgan fingerprint density at radius 2 is 1.39 bits per heavy atom. The van der Waals surface area contributed by atoms with Crippen LogP contribution in [0.25, 0.3) is 0 Å². The topological polar surface area (TPSA) is 254 Å². The molecule has 7 rings (SSSR count). The van der Waals surface area contributed by atoms with Gasteiger partial charge >= 0.3 is 5.97 Å². The van der Waals surface area contributed by atoms with Gasteiger partial charge in [-0.25, -0.2) is 0 Å². The van der Waals surface area contributed by atoms with E-state index in [1.165, 1.54) is 6.07 Å². The van der Waals surface area contributed by atoms with E-state index in [0.29, 0.717) is 12.8 Å². The van der Waals surface area contributed by atoms with Crippen LogP contribution < -0.4 is 0 Å². The lowest BCUT2D eigenvalue weighted by Gasteiger charge is -2.46. The van der Waals surface area contributed by atoms with Gasteiger partial charge in [-0.2, -0.15) is 0 Å². The number of carbonyl (C=O) groups is 4. The minimum Gasteiger partial charge on any atom is -0.507 e. The number of methoxy groups -OCH3 is 1. The molecule has 0 aromatic heterocycles. The van der Waals surface area contributed by atoms with Crippen LogP contribution in [0.15, 0.2) is 18.2 Å². The highest BCUT2D eigenvalue weighted by atomic mass is 16.7. The second-order valence-corrected chi connectivity index (χ2v) is 15.5. The molecule has 5 aliphatic rings. The molecule has 3 aliphatic heterocycles. The minimum atomic E-state index is -1.85. The molecule has 2 aliphatic carbocycles. The molecule has 0 bridgehead atoms. The second kappa shape index (κ2) is 15.6. The van der Waals surface area contributed by atoms with E-state index in [0.717, 1.165) is 19.2 Å². The first-order valence-corrected chi connectivity index (χ1v) is 19.1. The molecule has 0 unspecified atom stereocenters. The summed E-state index contributed by atoms with van der Waals surface area (Å²) in [4.78, 5) is 52.8. The number of ketones is 3. The quantitative estimate of drug-likeness (QED) is 0.141. The van der Waals surface area contributed by atoms with Gasteiger partial charge in [0.05, 0.1) is 59.9 Å².